The Morgan fingerprint density at radius 3 is 2.43 bits per heavy atom. The van der Waals surface area contributed by atoms with Crippen LogP contribution in [0.25, 0.3) is 0 Å². The summed E-state index contributed by atoms with van der Waals surface area (Å²) in [5, 5.41) is 5.05. The number of amides is 3. The van der Waals surface area contributed by atoms with Crippen molar-refractivity contribution >= 4 is 34.7 Å². The van der Waals surface area contributed by atoms with Crippen LogP contribution < -0.4 is 16.4 Å². The van der Waals surface area contributed by atoms with Gasteiger partial charge in [0.2, 0.25) is 5.91 Å². The number of anilines is 1. The van der Waals surface area contributed by atoms with E-state index in [1.807, 2.05) is 19.1 Å². The Bertz CT molecular complexity index is 768. The molecule has 1 heterocycles. The van der Waals surface area contributed by atoms with Crippen molar-refractivity contribution in [2.24, 2.45) is 5.73 Å². The number of benzene rings is 1. The Morgan fingerprint density at radius 2 is 1.83 bits per heavy atom. The second kappa shape index (κ2) is 7.06. The van der Waals surface area contributed by atoms with E-state index < -0.39 is 17.7 Å². The van der Waals surface area contributed by atoms with Crippen molar-refractivity contribution in [1.29, 1.82) is 0 Å². The average Bonchev–Trinajstić information content (AvgIpc) is 2.92. The number of carbonyl (C=O) groups is 3. The summed E-state index contributed by atoms with van der Waals surface area (Å²) in [6.07, 6.45) is 0. The second-order valence-corrected chi connectivity index (χ2v) is 6.42. The van der Waals surface area contributed by atoms with Gasteiger partial charge in [-0.1, -0.05) is 6.07 Å². The number of hydrogen-bond donors (Lipinski definition) is 3. The van der Waals surface area contributed by atoms with E-state index in [9.17, 15) is 14.4 Å². The van der Waals surface area contributed by atoms with E-state index in [1.165, 1.54) is 6.07 Å². The number of thiophene rings is 1. The first-order valence-electron chi connectivity index (χ1n) is 6.92. The smallest absolute Gasteiger partial charge is 0.313 e. The van der Waals surface area contributed by atoms with Gasteiger partial charge in [-0.2, -0.15) is 0 Å². The lowest BCUT2D eigenvalue weighted by atomic mass is 10.1. The fourth-order valence-electron chi connectivity index (χ4n) is 1.92. The van der Waals surface area contributed by atoms with Crippen molar-refractivity contribution in [1.82, 2.24) is 5.32 Å². The van der Waals surface area contributed by atoms with Crippen LogP contribution in [-0.4, -0.2) is 17.7 Å². The SMILES string of the molecule is Cc1ccc(CNC(=O)C(=O)Nc2cc(C(N)=O)ccc2C)s1. The van der Waals surface area contributed by atoms with Crippen LogP contribution in [0.15, 0.2) is 30.3 Å². The summed E-state index contributed by atoms with van der Waals surface area (Å²) in [6, 6.07) is 8.52. The lowest BCUT2D eigenvalue weighted by Crippen LogP contribution is -2.35. The third kappa shape index (κ3) is 4.40. The van der Waals surface area contributed by atoms with Gasteiger partial charge in [0, 0.05) is 21.0 Å². The van der Waals surface area contributed by atoms with Crippen molar-refractivity contribution in [3.8, 4) is 0 Å². The lowest BCUT2D eigenvalue weighted by Gasteiger charge is -2.09. The first-order valence-corrected chi connectivity index (χ1v) is 7.73. The molecule has 2 rings (SSSR count). The van der Waals surface area contributed by atoms with Gasteiger partial charge in [-0.15, -0.1) is 11.3 Å². The quantitative estimate of drug-likeness (QED) is 0.743. The summed E-state index contributed by atoms with van der Waals surface area (Å²) in [7, 11) is 0. The Labute approximate surface area is 137 Å². The third-order valence-corrected chi connectivity index (χ3v) is 4.20. The van der Waals surface area contributed by atoms with Gasteiger partial charge in [0.05, 0.1) is 6.54 Å². The van der Waals surface area contributed by atoms with Gasteiger partial charge in [0.15, 0.2) is 0 Å². The molecule has 0 aliphatic heterocycles. The predicted octanol–water partition coefficient (Wildman–Crippen LogP) is 1.72. The number of nitrogens with one attached hydrogen (secondary N) is 2. The van der Waals surface area contributed by atoms with E-state index in [0.29, 0.717) is 12.2 Å². The summed E-state index contributed by atoms with van der Waals surface area (Å²) >= 11 is 1.56. The molecule has 3 amide bonds. The van der Waals surface area contributed by atoms with Gasteiger partial charge in [0.1, 0.15) is 0 Å². The highest BCUT2D eigenvalue weighted by atomic mass is 32.1. The van der Waals surface area contributed by atoms with Crippen LogP contribution in [0.2, 0.25) is 0 Å². The Kier molecular flexibility index (Phi) is 5.13. The molecule has 1 aromatic heterocycles. The Balaban J connectivity index is 1.99. The summed E-state index contributed by atoms with van der Waals surface area (Å²) < 4.78 is 0. The van der Waals surface area contributed by atoms with Crippen molar-refractivity contribution in [3.63, 3.8) is 0 Å². The van der Waals surface area contributed by atoms with E-state index in [1.54, 1.807) is 30.4 Å². The van der Waals surface area contributed by atoms with Crippen LogP contribution in [0, 0.1) is 13.8 Å². The minimum atomic E-state index is -0.789. The zero-order valence-electron chi connectivity index (χ0n) is 12.8. The summed E-state index contributed by atoms with van der Waals surface area (Å²) in [4.78, 5) is 37.1. The maximum Gasteiger partial charge on any atom is 0.313 e. The molecule has 2 aromatic rings. The first-order chi connectivity index (χ1) is 10.9. The number of nitrogens with two attached hydrogens (primary N) is 1. The standard InChI is InChI=1S/C16H17N3O3S/c1-9-3-5-11(14(17)20)7-13(9)19-16(22)15(21)18-8-12-6-4-10(2)23-12/h3-7H,8H2,1-2H3,(H2,17,20)(H,18,21)(H,19,22). The lowest BCUT2D eigenvalue weighted by molar-refractivity contribution is -0.136. The minimum absolute atomic E-state index is 0.264. The van der Waals surface area contributed by atoms with Crippen LogP contribution in [-0.2, 0) is 16.1 Å². The summed E-state index contributed by atoms with van der Waals surface area (Å²) in [5.41, 5.74) is 6.58. The monoisotopic (exact) mass is 331 g/mol. The van der Waals surface area contributed by atoms with Crippen molar-refractivity contribution in [2.75, 3.05) is 5.32 Å². The van der Waals surface area contributed by atoms with E-state index >= 15 is 0 Å². The van der Waals surface area contributed by atoms with Crippen LogP contribution >= 0.6 is 11.3 Å². The third-order valence-electron chi connectivity index (χ3n) is 3.20. The maximum absolute atomic E-state index is 11.9. The largest absolute Gasteiger partial charge is 0.366 e. The highest BCUT2D eigenvalue weighted by molar-refractivity contribution is 7.11. The van der Waals surface area contributed by atoms with Crippen LogP contribution in [0.1, 0.15) is 25.7 Å². The average molecular weight is 331 g/mol. The molecule has 0 spiro atoms. The van der Waals surface area contributed by atoms with Gasteiger partial charge >= 0.3 is 11.8 Å². The Hall–Kier alpha value is -2.67. The number of hydrogen-bond acceptors (Lipinski definition) is 4. The number of rotatable bonds is 4. The molecule has 0 radical (unpaired) electrons. The fraction of sp³-hybridized carbons (Fsp3) is 0.188. The highest BCUT2D eigenvalue weighted by Gasteiger charge is 2.15. The highest BCUT2D eigenvalue weighted by Crippen LogP contribution is 2.17. The van der Waals surface area contributed by atoms with Crippen LogP contribution in [0.4, 0.5) is 5.69 Å². The normalized spacial score (nSPS) is 10.2. The molecule has 7 heteroatoms. The zero-order valence-corrected chi connectivity index (χ0v) is 13.6. The number of carbonyl (C=O) groups excluding carboxylic acids is 3. The van der Waals surface area contributed by atoms with Gasteiger partial charge in [-0.25, -0.2) is 0 Å². The van der Waals surface area contributed by atoms with Crippen LogP contribution in [0.3, 0.4) is 0 Å². The molecule has 0 atom stereocenters. The van der Waals surface area contributed by atoms with Gasteiger partial charge < -0.3 is 16.4 Å². The molecule has 120 valence electrons. The molecule has 0 unspecified atom stereocenters. The van der Waals surface area contributed by atoms with E-state index in [2.05, 4.69) is 10.6 Å². The molecule has 0 bridgehead atoms. The van der Waals surface area contributed by atoms with Gasteiger partial charge in [0.25, 0.3) is 0 Å². The fourth-order valence-corrected chi connectivity index (χ4v) is 2.75. The van der Waals surface area contributed by atoms with Gasteiger partial charge in [-0.05, 0) is 43.7 Å². The Morgan fingerprint density at radius 1 is 1.09 bits per heavy atom. The zero-order chi connectivity index (χ0) is 17.0. The predicted molar refractivity (Wildman–Crippen MR) is 89.2 cm³/mol. The molecule has 23 heavy (non-hydrogen) atoms. The molecule has 0 aliphatic carbocycles. The topological polar surface area (TPSA) is 101 Å². The van der Waals surface area contributed by atoms with Crippen molar-refractivity contribution < 1.29 is 14.4 Å². The van der Waals surface area contributed by atoms with Crippen molar-refractivity contribution in [2.45, 2.75) is 20.4 Å². The number of aryl methyl sites for hydroxylation is 2. The van der Waals surface area contributed by atoms with Gasteiger partial charge in [-0.3, -0.25) is 14.4 Å². The number of primary amides is 1. The van der Waals surface area contributed by atoms with E-state index in [4.69, 9.17) is 5.73 Å². The maximum atomic E-state index is 11.9. The molecule has 1 aromatic carbocycles. The molecule has 6 nitrogen and oxygen atoms in total. The summed E-state index contributed by atoms with van der Waals surface area (Å²) in [5.74, 6) is -2.12. The summed E-state index contributed by atoms with van der Waals surface area (Å²) in [6.45, 7) is 4.02. The molecular formula is C16H17N3O3S. The second-order valence-electron chi connectivity index (χ2n) is 5.04. The van der Waals surface area contributed by atoms with Crippen molar-refractivity contribution in [3.05, 3.63) is 51.2 Å². The molecule has 0 fully saturated rings. The first kappa shape index (κ1) is 16.7. The molecule has 4 N–H and O–H groups in total. The molecule has 0 saturated carbocycles. The van der Waals surface area contributed by atoms with Crippen LogP contribution in [0.5, 0.6) is 0 Å². The molecular weight excluding hydrogens is 314 g/mol. The molecule has 0 aliphatic rings. The van der Waals surface area contributed by atoms with E-state index in [-0.39, 0.29) is 5.56 Å². The molecule has 0 saturated heterocycles. The van der Waals surface area contributed by atoms with E-state index in [0.717, 1.165) is 15.3 Å². The minimum Gasteiger partial charge on any atom is -0.366 e.